The third-order valence-corrected chi connectivity index (χ3v) is 4.00. The van der Waals surface area contributed by atoms with Crippen molar-refractivity contribution in [1.29, 1.82) is 0 Å². The summed E-state index contributed by atoms with van der Waals surface area (Å²) < 4.78 is 0. The van der Waals surface area contributed by atoms with Gasteiger partial charge in [-0.3, -0.25) is 9.59 Å². The molecule has 2 heteroatoms. The molecule has 2 saturated carbocycles. The molecule has 2 fully saturated rings. The molecule has 2 nitrogen and oxygen atoms in total. The number of ketones is 2. The highest BCUT2D eigenvalue weighted by Crippen LogP contribution is 2.41. The summed E-state index contributed by atoms with van der Waals surface area (Å²) in [6.07, 6.45) is 6.52. The van der Waals surface area contributed by atoms with Crippen LogP contribution in [0.2, 0.25) is 0 Å². The molecule has 0 aromatic carbocycles. The van der Waals surface area contributed by atoms with Crippen LogP contribution < -0.4 is 0 Å². The molecule has 0 aromatic rings. The van der Waals surface area contributed by atoms with Crippen LogP contribution in [0.4, 0.5) is 0 Å². The number of hydrogen-bond acceptors (Lipinski definition) is 2. The minimum Gasteiger partial charge on any atom is -0.299 e. The maximum Gasteiger partial charge on any atom is 0.143 e. The first-order valence-electron chi connectivity index (χ1n) is 5.71. The largest absolute Gasteiger partial charge is 0.299 e. The van der Waals surface area contributed by atoms with Crippen LogP contribution in [-0.2, 0) is 9.59 Å². The van der Waals surface area contributed by atoms with Crippen LogP contribution in [0.1, 0.15) is 45.4 Å². The molecule has 0 aliphatic heterocycles. The van der Waals surface area contributed by atoms with Crippen molar-refractivity contribution in [2.45, 2.75) is 45.4 Å². The molecule has 2 aliphatic rings. The Hall–Kier alpha value is -0.660. The quantitative estimate of drug-likeness (QED) is 0.632. The molecule has 2 unspecified atom stereocenters. The number of hydrogen-bond donors (Lipinski definition) is 0. The van der Waals surface area contributed by atoms with E-state index in [-0.39, 0.29) is 17.5 Å². The van der Waals surface area contributed by atoms with E-state index in [0.717, 1.165) is 18.8 Å². The fraction of sp³-hybridized carbons (Fsp3) is 0.833. The molecule has 0 amide bonds. The maximum atomic E-state index is 11.5. The molecule has 0 aromatic heterocycles. The minimum atomic E-state index is -0.255. The monoisotopic (exact) mass is 194 g/mol. The second kappa shape index (κ2) is 3.84. The molecule has 2 rings (SSSR count). The van der Waals surface area contributed by atoms with Crippen LogP contribution in [0.25, 0.3) is 0 Å². The summed E-state index contributed by atoms with van der Waals surface area (Å²) in [4.78, 5) is 22.8. The van der Waals surface area contributed by atoms with Crippen molar-refractivity contribution in [2.24, 2.45) is 17.8 Å². The summed E-state index contributed by atoms with van der Waals surface area (Å²) >= 11 is 0. The fourth-order valence-corrected chi connectivity index (χ4v) is 2.79. The molecular weight excluding hydrogens is 176 g/mol. The zero-order chi connectivity index (χ0) is 10.1. The molecule has 0 heterocycles. The Morgan fingerprint density at radius 1 is 1.21 bits per heavy atom. The summed E-state index contributed by atoms with van der Waals surface area (Å²) in [5.74, 6) is 1.50. The van der Waals surface area contributed by atoms with Gasteiger partial charge in [-0.15, -0.1) is 0 Å². The van der Waals surface area contributed by atoms with E-state index in [1.54, 1.807) is 6.92 Å². The zero-order valence-corrected chi connectivity index (χ0v) is 8.79. The Morgan fingerprint density at radius 3 is 2.43 bits per heavy atom. The van der Waals surface area contributed by atoms with Gasteiger partial charge in [-0.25, -0.2) is 0 Å². The normalized spacial score (nSPS) is 33.9. The van der Waals surface area contributed by atoms with Crippen LogP contribution >= 0.6 is 0 Å². The first kappa shape index (κ1) is 9.88. The molecule has 0 saturated heterocycles. The van der Waals surface area contributed by atoms with E-state index >= 15 is 0 Å². The van der Waals surface area contributed by atoms with Crippen LogP contribution in [0.5, 0.6) is 0 Å². The summed E-state index contributed by atoms with van der Waals surface area (Å²) in [6.45, 7) is 1.56. The van der Waals surface area contributed by atoms with E-state index in [1.807, 2.05) is 0 Å². The van der Waals surface area contributed by atoms with Gasteiger partial charge in [0.05, 0.1) is 5.92 Å². The summed E-state index contributed by atoms with van der Waals surface area (Å²) in [7, 11) is 0. The fourth-order valence-electron chi connectivity index (χ4n) is 2.79. The van der Waals surface area contributed by atoms with E-state index in [4.69, 9.17) is 0 Å². The molecule has 0 radical (unpaired) electrons. The summed E-state index contributed by atoms with van der Waals surface area (Å²) in [5, 5.41) is 0. The minimum absolute atomic E-state index is 0.0824. The van der Waals surface area contributed by atoms with Gasteiger partial charge in [0, 0.05) is 6.42 Å². The molecular formula is C12H18O2. The first-order valence-corrected chi connectivity index (χ1v) is 5.71. The van der Waals surface area contributed by atoms with Gasteiger partial charge in [-0.1, -0.05) is 19.3 Å². The molecule has 78 valence electrons. The van der Waals surface area contributed by atoms with Crippen molar-refractivity contribution in [3.05, 3.63) is 0 Å². The lowest BCUT2D eigenvalue weighted by atomic mass is 9.67. The predicted octanol–water partition coefficient (Wildman–Crippen LogP) is 2.36. The van der Waals surface area contributed by atoms with E-state index in [0.29, 0.717) is 12.3 Å². The van der Waals surface area contributed by atoms with E-state index in [1.165, 1.54) is 19.3 Å². The summed E-state index contributed by atoms with van der Waals surface area (Å²) in [6, 6.07) is 0. The van der Waals surface area contributed by atoms with E-state index < -0.39 is 0 Å². The van der Waals surface area contributed by atoms with Gasteiger partial charge in [-0.2, -0.15) is 0 Å². The molecule has 0 bridgehead atoms. The Bertz CT molecular complexity index is 253. The summed E-state index contributed by atoms with van der Waals surface area (Å²) in [5.41, 5.74) is 0. The number of carbonyl (C=O) groups excluding carboxylic acids is 2. The van der Waals surface area contributed by atoms with E-state index in [2.05, 4.69) is 0 Å². The highest BCUT2D eigenvalue weighted by atomic mass is 16.1. The third-order valence-electron chi connectivity index (χ3n) is 4.00. The number of Topliss-reactive ketones (excluding diaryl/α,β-unsaturated/α-hetero) is 2. The number of rotatable bonds is 2. The van der Waals surface area contributed by atoms with Gasteiger partial charge >= 0.3 is 0 Å². The van der Waals surface area contributed by atoms with Crippen molar-refractivity contribution in [1.82, 2.24) is 0 Å². The van der Waals surface area contributed by atoms with Crippen molar-refractivity contribution in [2.75, 3.05) is 0 Å². The van der Waals surface area contributed by atoms with Gasteiger partial charge in [-0.05, 0) is 31.6 Å². The van der Waals surface area contributed by atoms with Gasteiger partial charge in [0.1, 0.15) is 11.6 Å². The van der Waals surface area contributed by atoms with Crippen molar-refractivity contribution < 1.29 is 9.59 Å². The Kier molecular flexibility index (Phi) is 2.71. The lowest BCUT2D eigenvalue weighted by Gasteiger charge is -2.37. The van der Waals surface area contributed by atoms with E-state index in [9.17, 15) is 9.59 Å². The average Bonchev–Trinajstić information content (AvgIpc) is 2.04. The van der Waals surface area contributed by atoms with Crippen LogP contribution in [0, 0.1) is 17.8 Å². The van der Waals surface area contributed by atoms with Gasteiger partial charge in [0.2, 0.25) is 0 Å². The SMILES string of the molecule is CC(=O)C1CC(C2CCC2)CCC1=O. The highest BCUT2D eigenvalue weighted by molar-refractivity contribution is 6.01. The molecule has 2 aliphatic carbocycles. The first-order chi connectivity index (χ1) is 6.68. The van der Waals surface area contributed by atoms with Crippen molar-refractivity contribution in [3.63, 3.8) is 0 Å². The smallest absolute Gasteiger partial charge is 0.143 e. The van der Waals surface area contributed by atoms with Crippen molar-refractivity contribution in [3.8, 4) is 0 Å². The molecule has 0 spiro atoms. The van der Waals surface area contributed by atoms with Gasteiger partial charge < -0.3 is 0 Å². The van der Waals surface area contributed by atoms with Gasteiger partial charge in [0.25, 0.3) is 0 Å². The Morgan fingerprint density at radius 2 is 1.93 bits per heavy atom. The predicted molar refractivity (Wildman–Crippen MR) is 53.9 cm³/mol. The molecule has 2 atom stereocenters. The topological polar surface area (TPSA) is 34.1 Å². The maximum absolute atomic E-state index is 11.5. The second-order valence-corrected chi connectivity index (χ2v) is 4.85. The lowest BCUT2D eigenvalue weighted by molar-refractivity contribution is -0.135. The van der Waals surface area contributed by atoms with Crippen LogP contribution in [0.3, 0.4) is 0 Å². The molecule has 14 heavy (non-hydrogen) atoms. The highest BCUT2D eigenvalue weighted by Gasteiger charge is 2.36. The average molecular weight is 194 g/mol. The lowest BCUT2D eigenvalue weighted by Crippen LogP contribution is -2.34. The third kappa shape index (κ3) is 1.75. The van der Waals surface area contributed by atoms with Crippen LogP contribution in [0.15, 0.2) is 0 Å². The molecule has 0 N–H and O–H groups in total. The Balaban J connectivity index is 1.97. The second-order valence-electron chi connectivity index (χ2n) is 4.85. The van der Waals surface area contributed by atoms with Crippen LogP contribution in [-0.4, -0.2) is 11.6 Å². The van der Waals surface area contributed by atoms with Gasteiger partial charge in [0.15, 0.2) is 0 Å². The number of carbonyl (C=O) groups is 2. The zero-order valence-electron chi connectivity index (χ0n) is 8.79. The standard InChI is InChI=1S/C12H18O2/c1-8(13)11-7-10(5-6-12(11)14)9-3-2-4-9/h9-11H,2-7H2,1H3. The Labute approximate surface area is 85.1 Å². The van der Waals surface area contributed by atoms with Crippen molar-refractivity contribution >= 4 is 11.6 Å².